The number of benzene rings is 1. The van der Waals surface area contributed by atoms with Gasteiger partial charge in [0.1, 0.15) is 17.6 Å². The standard InChI is InChI=1S/C35H53N5O5/c1-7-27-30(40(8-2)25-9-15-44-16-10-25)19-31-28(32(27)34(42)36-20-29-23(3)17-24(4)37-33(29)41)18-26(45-31)21-38-11-13-39(14-12-38)22-35(5,6)43/h17-19,25,34,36,42-43H,7-16,20-22H2,1-6H3,(H,37,41). The quantitative estimate of drug-likeness (QED) is 0.222. The predicted octanol–water partition coefficient (Wildman–Crippen LogP) is 3.97. The van der Waals surface area contributed by atoms with Crippen molar-refractivity contribution in [3.05, 3.63) is 62.3 Å². The molecule has 4 N–H and O–H groups in total. The number of aliphatic hydroxyl groups is 2. The maximum atomic E-state index is 12.8. The van der Waals surface area contributed by atoms with E-state index in [1.54, 1.807) is 0 Å². The molecule has 10 heteroatoms. The lowest BCUT2D eigenvalue weighted by Gasteiger charge is -2.37. The number of aryl methyl sites for hydroxylation is 2. The monoisotopic (exact) mass is 623 g/mol. The molecular weight excluding hydrogens is 570 g/mol. The number of anilines is 1. The zero-order chi connectivity index (χ0) is 32.3. The molecule has 2 saturated heterocycles. The fraction of sp³-hybridized carbons (Fsp3) is 0.629. The van der Waals surface area contributed by atoms with Crippen molar-refractivity contribution < 1.29 is 19.4 Å². The fourth-order valence-electron chi connectivity index (χ4n) is 7.20. The Morgan fingerprint density at radius 2 is 1.76 bits per heavy atom. The van der Waals surface area contributed by atoms with Gasteiger partial charge >= 0.3 is 0 Å². The summed E-state index contributed by atoms with van der Waals surface area (Å²) in [4.78, 5) is 22.8. The Morgan fingerprint density at radius 3 is 2.38 bits per heavy atom. The molecule has 2 aliphatic rings. The number of aliphatic hydroxyl groups excluding tert-OH is 1. The Kier molecular flexibility index (Phi) is 10.7. The van der Waals surface area contributed by atoms with Crippen molar-refractivity contribution in [3.63, 3.8) is 0 Å². The zero-order valence-electron chi connectivity index (χ0n) is 28.0. The molecule has 1 unspecified atom stereocenters. The van der Waals surface area contributed by atoms with Gasteiger partial charge in [-0.05, 0) is 77.1 Å². The average Bonchev–Trinajstić information content (AvgIpc) is 3.38. The first kappa shape index (κ1) is 33.6. The molecule has 0 saturated carbocycles. The lowest BCUT2D eigenvalue weighted by Crippen LogP contribution is -2.50. The number of H-pyrrole nitrogens is 1. The first-order valence-electron chi connectivity index (χ1n) is 16.7. The molecule has 0 amide bonds. The minimum Gasteiger partial charge on any atom is -0.460 e. The number of piperazine rings is 1. The van der Waals surface area contributed by atoms with E-state index in [4.69, 9.17) is 9.15 Å². The molecule has 0 spiro atoms. The summed E-state index contributed by atoms with van der Waals surface area (Å²) in [6.07, 6.45) is 1.67. The fourth-order valence-corrected chi connectivity index (χ4v) is 7.20. The summed E-state index contributed by atoms with van der Waals surface area (Å²) in [6.45, 7) is 19.4. The van der Waals surface area contributed by atoms with Gasteiger partial charge < -0.3 is 29.3 Å². The molecule has 0 bridgehead atoms. The van der Waals surface area contributed by atoms with Gasteiger partial charge in [0.2, 0.25) is 0 Å². The molecule has 2 aliphatic heterocycles. The number of rotatable bonds is 12. The molecule has 248 valence electrons. The lowest BCUT2D eigenvalue weighted by atomic mass is 9.95. The number of pyridine rings is 1. The number of nitrogens with one attached hydrogen (secondary N) is 2. The molecule has 1 aromatic carbocycles. The van der Waals surface area contributed by atoms with E-state index in [-0.39, 0.29) is 12.1 Å². The van der Waals surface area contributed by atoms with E-state index < -0.39 is 11.8 Å². The highest BCUT2D eigenvalue weighted by molar-refractivity contribution is 5.88. The first-order chi connectivity index (χ1) is 21.5. The molecule has 2 aromatic heterocycles. The van der Waals surface area contributed by atoms with Crippen LogP contribution < -0.4 is 15.8 Å². The molecule has 5 rings (SSSR count). The minimum atomic E-state index is -0.994. The Morgan fingerprint density at radius 1 is 1.07 bits per heavy atom. The number of β-amino-alcohol motifs (C(OH)–C–C–N with tert-alkyl or cyclic N) is 1. The van der Waals surface area contributed by atoms with Gasteiger partial charge in [-0.2, -0.15) is 0 Å². The van der Waals surface area contributed by atoms with Gasteiger partial charge in [-0.3, -0.25) is 19.9 Å². The average molecular weight is 624 g/mol. The lowest BCUT2D eigenvalue weighted by molar-refractivity contribution is 0.0159. The van der Waals surface area contributed by atoms with Crippen molar-refractivity contribution in [1.29, 1.82) is 0 Å². The number of fused-ring (bicyclic) bond motifs is 1. The summed E-state index contributed by atoms with van der Waals surface area (Å²) < 4.78 is 12.2. The van der Waals surface area contributed by atoms with E-state index in [9.17, 15) is 15.0 Å². The Bertz CT molecular complexity index is 1490. The third kappa shape index (κ3) is 7.99. The summed E-state index contributed by atoms with van der Waals surface area (Å²) in [5, 5.41) is 26.3. The smallest absolute Gasteiger partial charge is 0.252 e. The molecule has 2 fully saturated rings. The number of ether oxygens (including phenoxy) is 1. The molecular formula is C35H53N5O5. The molecule has 10 nitrogen and oxygen atoms in total. The number of aromatic amines is 1. The van der Waals surface area contributed by atoms with Gasteiger partial charge in [0.25, 0.3) is 5.56 Å². The van der Waals surface area contributed by atoms with Crippen molar-refractivity contribution >= 4 is 16.7 Å². The summed E-state index contributed by atoms with van der Waals surface area (Å²) in [5.41, 5.74) is 5.29. The van der Waals surface area contributed by atoms with Gasteiger partial charge in [-0.1, -0.05) is 6.92 Å². The number of furan rings is 1. The van der Waals surface area contributed by atoms with Gasteiger partial charge in [0, 0.05) is 99.0 Å². The van der Waals surface area contributed by atoms with Crippen LogP contribution in [-0.2, 0) is 24.2 Å². The maximum Gasteiger partial charge on any atom is 0.252 e. The Labute approximate surface area is 267 Å². The van der Waals surface area contributed by atoms with Crippen LogP contribution in [0.25, 0.3) is 11.0 Å². The van der Waals surface area contributed by atoms with E-state index in [1.807, 2.05) is 33.8 Å². The van der Waals surface area contributed by atoms with Crippen molar-refractivity contribution in [2.75, 3.05) is 57.4 Å². The van der Waals surface area contributed by atoms with Crippen LogP contribution in [-0.4, -0.2) is 89.1 Å². The summed E-state index contributed by atoms with van der Waals surface area (Å²) >= 11 is 0. The van der Waals surface area contributed by atoms with E-state index in [0.717, 1.165) is 110 Å². The highest BCUT2D eigenvalue weighted by Gasteiger charge is 2.29. The van der Waals surface area contributed by atoms with Crippen LogP contribution in [0, 0.1) is 13.8 Å². The minimum absolute atomic E-state index is 0.133. The molecule has 0 aliphatic carbocycles. The molecule has 4 heterocycles. The van der Waals surface area contributed by atoms with Crippen LogP contribution in [0.2, 0.25) is 0 Å². The third-order valence-electron chi connectivity index (χ3n) is 9.33. The van der Waals surface area contributed by atoms with Gasteiger partial charge in [-0.25, -0.2) is 0 Å². The van der Waals surface area contributed by atoms with Gasteiger partial charge in [-0.15, -0.1) is 0 Å². The molecule has 0 radical (unpaired) electrons. The highest BCUT2D eigenvalue weighted by atomic mass is 16.5. The maximum absolute atomic E-state index is 12.8. The van der Waals surface area contributed by atoms with Crippen LogP contribution in [0.4, 0.5) is 5.69 Å². The summed E-state index contributed by atoms with van der Waals surface area (Å²) in [5.74, 6) is 0.869. The van der Waals surface area contributed by atoms with Crippen LogP contribution in [0.15, 0.2) is 27.4 Å². The second-order valence-corrected chi connectivity index (χ2v) is 13.5. The highest BCUT2D eigenvalue weighted by Crippen LogP contribution is 2.39. The number of hydrogen-bond donors (Lipinski definition) is 4. The SMILES string of the molecule is CCc1c(N(CC)C2CCOCC2)cc2oc(CN3CCN(CC(C)(C)O)CC3)cc2c1C(O)NCc1c(C)cc(C)[nH]c1=O. The van der Waals surface area contributed by atoms with E-state index >= 15 is 0 Å². The van der Waals surface area contributed by atoms with E-state index in [1.165, 1.54) is 0 Å². The van der Waals surface area contributed by atoms with Crippen LogP contribution in [0.1, 0.15) is 80.5 Å². The topological polar surface area (TPSA) is 117 Å². The normalized spacial score (nSPS) is 18.1. The molecule has 45 heavy (non-hydrogen) atoms. The van der Waals surface area contributed by atoms with Crippen molar-refractivity contribution in [2.45, 2.75) is 91.8 Å². The van der Waals surface area contributed by atoms with Crippen LogP contribution in [0.3, 0.4) is 0 Å². The van der Waals surface area contributed by atoms with Gasteiger partial charge in [0.15, 0.2) is 0 Å². The number of hydrogen-bond acceptors (Lipinski definition) is 9. The van der Waals surface area contributed by atoms with Crippen LogP contribution >= 0.6 is 0 Å². The Hall–Kier alpha value is -2.73. The third-order valence-corrected chi connectivity index (χ3v) is 9.33. The largest absolute Gasteiger partial charge is 0.460 e. The molecule has 1 atom stereocenters. The van der Waals surface area contributed by atoms with Crippen molar-refractivity contribution in [2.24, 2.45) is 0 Å². The summed E-state index contributed by atoms with van der Waals surface area (Å²) in [7, 11) is 0. The van der Waals surface area contributed by atoms with Crippen LogP contribution in [0.5, 0.6) is 0 Å². The van der Waals surface area contributed by atoms with Gasteiger partial charge in [0.05, 0.1) is 12.1 Å². The second kappa shape index (κ2) is 14.4. The number of nitrogens with zero attached hydrogens (tertiary/aromatic N) is 3. The van der Waals surface area contributed by atoms with E-state index in [0.29, 0.717) is 24.7 Å². The number of aromatic nitrogens is 1. The summed E-state index contributed by atoms with van der Waals surface area (Å²) in [6, 6.07) is 6.58. The predicted molar refractivity (Wildman–Crippen MR) is 179 cm³/mol. The first-order valence-corrected chi connectivity index (χ1v) is 16.7. The van der Waals surface area contributed by atoms with Crippen molar-refractivity contribution in [3.8, 4) is 0 Å². The Balaban J connectivity index is 1.47. The molecule has 3 aromatic rings. The second-order valence-electron chi connectivity index (χ2n) is 13.5. The zero-order valence-corrected chi connectivity index (χ0v) is 28.0. The van der Waals surface area contributed by atoms with Crippen molar-refractivity contribution in [1.82, 2.24) is 20.1 Å². The van der Waals surface area contributed by atoms with E-state index in [2.05, 4.69) is 51.0 Å².